The van der Waals surface area contributed by atoms with Gasteiger partial charge < -0.3 is 15.0 Å². The van der Waals surface area contributed by atoms with Gasteiger partial charge in [0.05, 0.1) is 6.10 Å². The molecule has 1 unspecified atom stereocenters. The zero-order chi connectivity index (χ0) is 18.4. The van der Waals surface area contributed by atoms with Crippen LogP contribution in [0.1, 0.15) is 49.0 Å². The van der Waals surface area contributed by atoms with E-state index < -0.39 is 0 Å². The lowest BCUT2D eigenvalue weighted by atomic mass is 10.2. The smallest absolute Gasteiger partial charge is 0.254 e. The van der Waals surface area contributed by atoms with Gasteiger partial charge in [-0.25, -0.2) is 4.98 Å². The zero-order valence-electron chi connectivity index (χ0n) is 15.6. The van der Waals surface area contributed by atoms with Crippen molar-refractivity contribution in [3.8, 4) is 5.75 Å². The van der Waals surface area contributed by atoms with Gasteiger partial charge in [0, 0.05) is 31.4 Å². The Morgan fingerprint density at radius 3 is 2.85 bits per heavy atom. The lowest BCUT2D eigenvalue weighted by Crippen LogP contribution is -2.27. The highest BCUT2D eigenvalue weighted by Gasteiger charge is 2.19. The highest BCUT2D eigenvalue weighted by atomic mass is 16.5. The number of ether oxygens (including phenoxy) is 1. The van der Waals surface area contributed by atoms with Gasteiger partial charge in [-0.1, -0.05) is 19.1 Å². The SMILES string of the molecule is CCC(C)Oc1cccc(CNc2cc(C(=O)N3CCCC3)ccn2)c1. The van der Waals surface area contributed by atoms with Crippen molar-refractivity contribution in [1.29, 1.82) is 0 Å². The maximum atomic E-state index is 12.5. The highest BCUT2D eigenvalue weighted by molar-refractivity contribution is 5.95. The number of benzene rings is 1. The van der Waals surface area contributed by atoms with Crippen molar-refractivity contribution in [2.75, 3.05) is 18.4 Å². The van der Waals surface area contributed by atoms with E-state index in [4.69, 9.17) is 4.74 Å². The van der Waals surface area contributed by atoms with Gasteiger partial charge in [-0.3, -0.25) is 4.79 Å². The molecular weight excluding hydrogens is 326 g/mol. The molecule has 1 aliphatic rings. The molecule has 0 aliphatic carbocycles. The maximum Gasteiger partial charge on any atom is 0.254 e. The molecule has 0 spiro atoms. The van der Waals surface area contributed by atoms with E-state index in [1.807, 2.05) is 29.2 Å². The highest BCUT2D eigenvalue weighted by Crippen LogP contribution is 2.18. The Morgan fingerprint density at radius 2 is 2.08 bits per heavy atom. The molecule has 2 heterocycles. The van der Waals surface area contributed by atoms with Gasteiger partial charge in [0.2, 0.25) is 0 Å². The molecule has 26 heavy (non-hydrogen) atoms. The molecular formula is C21H27N3O2. The molecule has 0 bridgehead atoms. The predicted octanol–water partition coefficient (Wildman–Crippen LogP) is 4.11. The molecule has 1 aromatic carbocycles. The summed E-state index contributed by atoms with van der Waals surface area (Å²) in [5.74, 6) is 1.68. The number of hydrogen-bond donors (Lipinski definition) is 1. The maximum absolute atomic E-state index is 12.5. The van der Waals surface area contributed by atoms with E-state index in [2.05, 4.69) is 30.2 Å². The second-order valence-electron chi connectivity index (χ2n) is 6.77. The standard InChI is InChI=1S/C21H27N3O2/c1-3-16(2)26-19-8-6-7-17(13-19)15-23-20-14-18(9-10-22-20)21(25)24-11-4-5-12-24/h6-10,13-14,16H,3-5,11-12,15H2,1-2H3,(H,22,23). The quantitative estimate of drug-likeness (QED) is 0.814. The van der Waals surface area contributed by atoms with Crippen LogP contribution in [-0.4, -0.2) is 35.0 Å². The summed E-state index contributed by atoms with van der Waals surface area (Å²) >= 11 is 0. The summed E-state index contributed by atoms with van der Waals surface area (Å²) in [6, 6.07) is 11.7. The molecule has 5 nitrogen and oxygen atoms in total. The van der Waals surface area contributed by atoms with E-state index >= 15 is 0 Å². The number of nitrogens with zero attached hydrogens (tertiary/aromatic N) is 2. The predicted molar refractivity (Wildman–Crippen MR) is 104 cm³/mol. The molecule has 1 aliphatic heterocycles. The molecule has 1 fully saturated rings. The van der Waals surface area contributed by atoms with E-state index in [1.54, 1.807) is 12.3 Å². The van der Waals surface area contributed by atoms with Gasteiger partial charge >= 0.3 is 0 Å². The zero-order valence-corrected chi connectivity index (χ0v) is 15.6. The second-order valence-corrected chi connectivity index (χ2v) is 6.77. The fraction of sp³-hybridized carbons (Fsp3) is 0.429. The van der Waals surface area contributed by atoms with E-state index in [-0.39, 0.29) is 12.0 Å². The summed E-state index contributed by atoms with van der Waals surface area (Å²) in [6.45, 7) is 6.52. The van der Waals surface area contributed by atoms with Crippen LogP contribution in [0.15, 0.2) is 42.6 Å². The van der Waals surface area contributed by atoms with Crippen molar-refractivity contribution in [3.63, 3.8) is 0 Å². The minimum absolute atomic E-state index is 0.0944. The lowest BCUT2D eigenvalue weighted by molar-refractivity contribution is 0.0792. The molecule has 1 amide bonds. The molecule has 0 radical (unpaired) electrons. The Labute approximate surface area is 155 Å². The Morgan fingerprint density at radius 1 is 1.27 bits per heavy atom. The van der Waals surface area contributed by atoms with Crippen molar-refractivity contribution >= 4 is 11.7 Å². The van der Waals surface area contributed by atoms with Gasteiger partial charge in [0.25, 0.3) is 5.91 Å². The van der Waals surface area contributed by atoms with Crippen LogP contribution in [0.25, 0.3) is 0 Å². The van der Waals surface area contributed by atoms with E-state index in [0.29, 0.717) is 17.9 Å². The number of pyridine rings is 1. The van der Waals surface area contributed by atoms with Crippen molar-refractivity contribution in [1.82, 2.24) is 9.88 Å². The van der Waals surface area contributed by atoms with Gasteiger partial charge in [-0.05, 0) is 56.0 Å². The van der Waals surface area contributed by atoms with Crippen LogP contribution in [0.2, 0.25) is 0 Å². The summed E-state index contributed by atoms with van der Waals surface area (Å²) in [5, 5.41) is 3.30. The van der Waals surface area contributed by atoms with E-state index in [9.17, 15) is 4.79 Å². The molecule has 1 N–H and O–H groups in total. The summed E-state index contributed by atoms with van der Waals surface area (Å²) < 4.78 is 5.87. The van der Waals surface area contributed by atoms with Crippen LogP contribution in [0.4, 0.5) is 5.82 Å². The summed E-state index contributed by atoms with van der Waals surface area (Å²) in [5.41, 5.74) is 1.81. The van der Waals surface area contributed by atoms with Crippen molar-refractivity contribution in [2.24, 2.45) is 0 Å². The first-order chi connectivity index (χ1) is 12.7. The molecule has 1 saturated heterocycles. The van der Waals surface area contributed by atoms with Crippen LogP contribution in [-0.2, 0) is 6.54 Å². The minimum Gasteiger partial charge on any atom is -0.491 e. The van der Waals surface area contributed by atoms with E-state index in [0.717, 1.165) is 43.7 Å². The fourth-order valence-corrected chi connectivity index (χ4v) is 3.00. The van der Waals surface area contributed by atoms with Crippen LogP contribution < -0.4 is 10.1 Å². The first-order valence-corrected chi connectivity index (χ1v) is 9.40. The number of hydrogen-bond acceptors (Lipinski definition) is 4. The lowest BCUT2D eigenvalue weighted by Gasteiger charge is -2.16. The third-order valence-electron chi connectivity index (χ3n) is 4.68. The molecule has 138 valence electrons. The Bertz CT molecular complexity index is 742. The normalized spacial score (nSPS) is 14.9. The summed E-state index contributed by atoms with van der Waals surface area (Å²) in [4.78, 5) is 18.7. The number of carbonyl (C=O) groups is 1. The van der Waals surface area contributed by atoms with Gasteiger partial charge in [0.15, 0.2) is 0 Å². The number of aromatic nitrogens is 1. The van der Waals surface area contributed by atoms with E-state index in [1.165, 1.54) is 0 Å². The summed E-state index contributed by atoms with van der Waals surface area (Å²) in [7, 11) is 0. The number of likely N-dealkylation sites (tertiary alicyclic amines) is 1. The monoisotopic (exact) mass is 353 g/mol. The van der Waals surface area contributed by atoms with Crippen molar-refractivity contribution in [3.05, 3.63) is 53.7 Å². The van der Waals surface area contributed by atoms with Crippen molar-refractivity contribution in [2.45, 2.75) is 45.8 Å². The Kier molecular flexibility index (Phi) is 6.10. The Balaban J connectivity index is 1.62. The molecule has 2 aromatic rings. The Hall–Kier alpha value is -2.56. The van der Waals surface area contributed by atoms with Crippen LogP contribution in [0.5, 0.6) is 5.75 Å². The van der Waals surface area contributed by atoms with Gasteiger partial charge in [-0.15, -0.1) is 0 Å². The number of nitrogens with one attached hydrogen (secondary N) is 1. The van der Waals surface area contributed by atoms with Gasteiger partial charge in [-0.2, -0.15) is 0 Å². The average molecular weight is 353 g/mol. The summed E-state index contributed by atoms with van der Waals surface area (Å²) in [6.07, 6.45) is 5.06. The molecule has 1 atom stereocenters. The van der Waals surface area contributed by atoms with Crippen LogP contribution in [0, 0.1) is 0 Å². The third-order valence-corrected chi connectivity index (χ3v) is 4.68. The minimum atomic E-state index is 0.0944. The third kappa shape index (κ3) is 4.75. The average Bonchev–Trinajstić information content (AvgIpc) is 3.21. The number of amides is 1. The molecule has 3 rings (SSSR count). The largest absolute Gasteiger partial charge is 0.491 e. The first-order valence-electron chi connectivity index (χ1n) is 9.40. The number of rotatable bonds is 7. The van der Waals surface area contributed by atoms with Gasteiger partial charge in [0.1, 0.15) is 11.6 Å². The molecule has 5 heteroatoms. The van der Waals surface area contributed by atoms with Crippen LogP contribution >= 0.6 is 0 Å². The second kappa shape index (κ2) is 8.70. The molecule has 0 saturated carbocycles. The van der Waals surface area contributed by atoms with Crippen molar-refractivity contribution < 1.29 is 9.53 Å². The topological polar surface area (TPSA) is 54.5 Å². The molecule has 1 aromatic heterocycles. The number of carbonyl (C=O) groups excluding carboxylic acids is 1. The van der Waals surface area contributed by atoms with Crippen LogP contribution in [0.3, 0.4) is 0 Å². The fourth-order valence-electron chi connectivity index (χ4n) is 3.00. The number of anilines is 1. The first kappa shape index (κ1) is 18.2.